The van der Waals surface area contributed by atoms with Crippen LogP contribution in [0.5, 0.6) is 11.6 Å². The van der Waals surface area contributed by atoms with E-state index in [1.165, 1.54) is 11.3 Å². The van der Waals surface area contributed by atoms with Crippen molar-refractivity contribution in [2.75, 3.05) is 5.32 Å². The van der Waals surface area contributed by atoms with Crippen LogP contribution in [0.1, 0.15) is 15.2 Å². The van der Waals surface area contributed by atoms with Crippen LogP contribution >= 0.6 is 11.3 Å². The number of hydrogen-bond acceptors (Lipinski definition) is 5. The smallest absolute Gasteiger partial charge is 0.262 e. The Kier molecular flexibility index (Phi) is 4.11. The highest BCUT2D eigenvalue weighted by Gasteiger charge is 2.15. The van der Waals surface area contributed by atoms with Gasteiger partial charge in [-0.3, -0.25) is 10.1 Å². The van der Waals surface area contributed by atoms with E-state index in [1.54, 1.807) is 36.7 Å². The Hall–Kier alpha value is -2.73. The lowest BCUT2D eigenvalue weighted by Crippen LogP contribution is -2.13. The average molecular weight is 311 g/mol. The number of aryl methyl sites for hydroxylation is 1. The van der Waals surface area contributed by atoms with Gasteiger partial charge in [-0.2, -0.15) is 0 Å². The topological polar surface area (TPSA) is 64.1 Å². The maximum Gasteiger partial charge on any atom is 0.262 e. The van der Waals surface area contributed by atoms with Crippen molar-refractivity contribution in [1.29, 1.82) is 0 Å². The maximum absolute atomic E-state index is 12.4. The minimum absolute atomic E-state index is 0.263. The number of pyridine rings is 1. The van der Waals surface area contributed by atoms with Gasteiger partial charge in [-0.1, -0.05) is 18.2 Å². The zero-order valence-electron chi connectivity index (χ0n) is 11.8. The second-order valence-electron chi connectivity index (χ2n) is 4.50. The summed E-state index contributed by atoms with van der Waals surface area (Å²) in [5.74, 6) is 0.591. The number of nitrogens with zero attached hydrogens (tertiary/aromatic N) is 2. The van der Waals surface area contributed by atoms with Crippen molar-refractivity contribution in [3.8, 4) is 11.6 Å². The van der Waals surface area contributed by atoms with E-state index in [2.05, 4.69) is 15.3 Å². The molecule has 0 saturated heterocycles. The number of nitrogens with one attached hydrogen (secondary N) is 1. The molecule has 0 fully saturated rings. The third-order valence-electron chi connectivity index (χ3n) is 2.82. The van der Waals surface area contributed by atoms with Gasteiger partial charge in [-0.05, 0) is 31.2 Å². The fourth-order valence-electron chi connectivity index (χ4n) is 1.82. The van der Waals surface area contributed by atoms with E-state index in [4.69, 9.17) is 4.74 Å². The Morgan fingerprint density at radius 3 is 2.68 bits per heavy atom. The van der Waals surface area contributed by atoms with Crippen molar-refractivity contribution in [2.45, 2.75) is 6.92 Å². The van der Waals surface area contributed by atoms with Gasteiger partial charge in [0.05, 0.1) is 0 Å². The van der Waals surface area contributed by atoms with Crippen LogP contribution < -0.4 is 10.1 Å². The molecule has 0 unspecified atom stereocenters. The summed E-state index contributed by atoms with van der Waals surface area (Å²) in [6.07, 6.45) is 3.30. The molecule has 2 aromatic heterocycles. The van der Waals surface area contributed by atoms with Crippen LogP contribution in [0.15, 0.2) is 54.9 Å². The normalized spacial score (nSPS) is 10.2. The van der Waals surface area contributed by atoms with Crippen LogP contribution in [0, 0.1) is 6.92 Å². The van der Waals surface area contributed by atoms with Crippen molar-refractivity contribution in [2.24, 2.45) is 0 Å². The SMILES string of the molecule is Cc1cnc(NC(=O)c2cccnc2Oc2ccccc2)s1. The molecule has 110 valence electrons. The van der Waals surface area contributed by atoms with Crippen LogP contribution in [0.25, 0.3) is 0 Å². The summed E-state index contributed by atoms with van der Waals surface area (Å²) in [6, 6.07) is 12.6. The second kappa shape index (κ2) is 6.36. The van der Waals surface area contributed by atoms with Gasteiger partial charge < -0.3 is 4.74 Å². The first-order valence-corrected chi connectivity index (χ1v) is 7.46. The molecular weight excluding hydrogens is 298 g/mol. The Balaban J connectivity index is 1.83. The molecule has 1 N–H and O–H groups in total. The molecule has 0 spiro atoms. The Morgan fingerprint density at radius 2 is 1.95 bits per heavy atom. The number of anilines is 1. The van der Waals surface area contributed by atoms with Crippen molar-refractivity contribution in [3.63, 3.8) is 0 Å². The quantitative estimate of drug-likeness (QED) is 0.794. The molecule has 0 aliphatic carbocycles. The van der Waals surface area contributed by atoms with Gasteiger partial charge in [-0.25, -0.2) is 9.97 Å². The highest BCUT2D eigenvalue weighted by atomic mass is 32.1. The van der Waals surface area contributed by atoms with Crippen molar-refractivity contribution >= 4 is 22.4 Å². The summed E-state index contributed by atoms with van der Waals surface area (Å²) < 4.78 is 5.68. The summed E-state index contributed by atoms with van der Waals surface area (Å²) in [4.78, 5) is 21.7. The Labute approximate surface area is 131 Å². The van der Waals surface area contributed by atoms with E-state index in [1.807, 2.05) is 25.1 Å². The fraction of sp³-hybridized carbons (Fsp3) is 0.0625. The molecule has 6 heteroatoms. The molecule has 3 aromatic rings. The number of ether oxygens (including phenoxy) is 1. The molecule has 0 radical (unpaired) electrons. The van der Waals surface area contributed by atoms with E-state index < -0.39 is 0 Å². The number of hydrogen-bond donors (Lipinski definition) is 1. The van der Waals surface area contributed by atoms with Gasteiger partial charge in [0, 0.05) is 17.3 Å². The minimum atomic E-state index is -0.298. The van der Waals surface area contributed by atoms with Gasteiger partial charge >= 0.3 is 0 Å². The summed E-state index contributed by atoms with van der Waals surface area (Å²) in [6.45, 7) is 1.93. The van der Waals surface area contributed by atoms with Crippen LogP contribution in [0.3, 0.4) is 0 Å². The van der Waals surface area contributed by atoms with Crippen molar-refractivity contribution in [3.05, 3.63) is 65.3 Å². The number of amides is 1. The highest BCUT2D eigenvalue weighted by Crippen LogP contribution is 2.24. The van der Waals surface area contributed by atoms with E-state index in [0.29, 0.717) is 16.4 Å². The molecule has 0 bridgehead atoms. The molecule has 22 heavy (non-hydrogen) atoms. The molecule has 1 amide bonds. The molecule has 2 heterocycles. The highest BCUT2D eigenvalue weighted by molar-refractivity contribution is 7.15. The zero-order valence-corrected chi connectivity index (χ0v) is 12.6. The number of carbonyl (C=O) groups excluding carboxylic acids is 1. The van der Waals surface area contributed by atoms with Gasteiger partial charge in [0.25, 0.3) is 5.91 Å². The number of benzene rings is 1. The van der Waals surface area contributed by atoms with Gasteiger partial charge in [0.15, 0.2) is 5.13 Å². The number of aromatic nitrogens is 2. The third kappa shape index (κ3) is 3.29. The van der Waals surface area contributed by atoms with E-state index in [9.17, 15) is 4.79 Å². The maximum atomic E-state index is 12.4. The standard InChI is InChI=1S/C16H13N3O2S/c1-11-10-18-16(22-11)19-14(20)13-8-5-9-17-15(13)21-12-6-3-2-4-7-12/h2-10H,1H3,(H,18,19,20). The Morgan fingerprint density at radius 1 is 1.14 bits per heavy atom. The number of thiazole rings is 1. The number of rotatable bonds is 4. The molecule has 0 atom stereocenters. The molecule has 0 aliphatic heterocycles. The zero-order chi connectivity index (χ0) is 15.4. The first kappa shape index (κ1) is 14.2. The summed E-state index contributed by atoms with van der Waals surface area (Å²) in [5.41, 5.74) is 0.360. The predicted octanol–water partition coefficient (Wildman–Crippen LogP) is 3.89. The lowest BCUT2D eigenvalue weighted by molar-refractivity contribution is 0.102. The van der Waals surface area contributed by atoms with Crippen molar-refractivity contribution < 1.29 is 9.53 Å². The molecular formula is C16H13N3O2S. The first-order valence-electron chi connectivity index (χ1n) is 6.64. The number of para-hydroxylation sites is 1. The molecule has 0 saturated carbocycles. The van der Waals surface area contributed by atoms with E-state index in [-0.39, 0.29) is 11.8 Å². The summed E-state index contributed by atoms with van der Waals surface area (Å²) in [7, 11) is 0. The minimum Gasteiger partial charge on any atom is -0.438 e. The van der Waals surface area contributed by atoms with Crippen molar-refractivity contribution in [1.82, 2.24) is 9.97 Å². The van der Waals surface area contributed by atoms with Gasteiger partial charge in [0.2, 0.25) is 5.88 Å². The third-order valence-corrected chi connectivity index (χ3v) is 3.64. The van der Waals surface area contributed by atoms with E-state index in [0.717, 1.165) is 4.88 Å². The molecule has 3 rings (SSSR count). The van der Waals surface area contributed by atoms with Crippen LogP contribution in [-0.2, 0) is 0 Å². The van der Waals surface area contributed by atoms with Crippen LogP contribution in [0.4, 0.5) is 5.13 Å². The van der Waals surface area contributed by atoms with Gasteiger partial charge in [0.1, 0.15) is 11.3 Å². The predicted molar refractivity (Wildman–Crippen MR) is 85.6 cm³/mol. The fourth-order valence-corrected chi connectivity index (χ4v) is 2.48. The molecule has 5 nitrogen and oxygen atoms in total. The van der Waals surface area contributed by atoms with Crippen LogP contribution in [0.2, 0.25) is 0 Å². The van der Waals surface area contributed by atoms with Gasteiger partial charge in [-0.15, -0.1) is 11.3 Å². The second-order valence-corrected chi connectivity index (χ2v) is 5.74. The lowest BCUT2D eigenvalue weighted by atomic mass is 10.2. The van der Waals surface area contributed by atoms with E-state index >= 15 is 0 Å². The number of carbonyl (C=O) groups is 1. The monoisotopic (exact) mass is 311 g/mol. The summed E-state index contributed by atoms with van der Waals surface area (Å²) >= 11 is 1.42. The first-order chi connectivity index (χ1) is 10.7. The van der Waals surface area contributed by atoms with Crippen LogP contribution in [-0.4, -0.2) is 15.9 Å². The molecule has 0 aliphatic rings. The molecule has 1 aromatic carbocycles. The summed E-state index contributed by atoms with van der Waals surface area (Å²) in [5, 5.41) is 3.31. The Bertz CT molecular complexity index is 787. The average Bonchev–Trinajstić information content (AvgIpc) is 2.94. The largest absolute Gasteiger partial charge is 0.438 e. The lowest BCUT2D eigenvalue weighted by Gasteiger charge is -2.09.